The van der Waals surface area contributed by atoms with Gasteiger partial charge in [-0.2, -0.15) is 0 Å². The van der Waals surface area contributed by atoms with Crippen molar-refractivity contribution in [3.05, 3.63) is 222 Å². The minimum atomic E-state index is -0.121. The molecule has 14 rings (SSSR count). The van der Waals surface area contributed by atoms with Crippen molar-refractivity contribution in [2.45, 2.75) is 62.7 Å². The number of hydrogen-bond donors (Lipinski definition) is 0. The zero-order chi connectivity index (χ0) is 42.6. The van der Waals surface area contributed by atoms with Crippen molar-refractivity contribution < 1.29 is 0 Å². The first-order valence-electron chi connectivity index (χ1n) is 24.4. The van der Waals surface area contributed by atoms with Crippen molar-refractivity contribution in [1.82, 2.24) is 4.57 Å². The smallest absolute Gasteiger partial charge is 0.0561 e. The van der Waals surface area contributed by atoms with Crippen LogP contribution in [0.3, 0.4) is 0 Å². The van der Waals surface area contributed by atoms with E-state index < -0.39 is 0 Å². The van der Waals surface area contributed by atoms with Crippen LogP contribution in [0.5, 0.6) is 0 Å². The molecule has 65 heavy (non-hydrogen) atoms. The monoisotopic (exact) mass is 839 g/mol. The van der Waals surface area contributed by atoms with E-state index in [-0.39, 0.29) is 5.41 Å². The number of benzene rings is 8. The van der Waals surface area contributed by atoms with Gasteiger partial charge >= 0.3 is 0 Å². The molecular formula is C62H53N3. The van der Waals surface area contributed by atoms with Crippen LogP contribution < -0.4 is 9.80 Å². The average Bonchev–Trinajstić information content (AvgIpc) is 4.23. The molecule has 5 aliphatic carbocycles. The normalized spacial score (nSPS) is 23.4. The Hall–Kier alpha value is -6.84. The van der Waals surface area contributed by atoms with E-state index in [9.17, 15) is 0 Å². The van der Waals surface area contributed by atoms with Crippen LogP contribution in [0.4, 0.5) is 34.1 Å². The highest BCUT2D eigenvalue weighted by Gasteiger charge is 2.62. The molecule has 5 aliphatic rings. The van der Waals surface area contributed by atoms with Gasteiger partial charge in [0.1, 0.15) is 0 Å². The summed E-state index contributed by atoms with van der Waals surface area (Å²) in [5, 5.41) is 2.55. The molecule has 0 N–H and O–H groups in total. The molecule has 1 aromatic heterocycles. The largest absolute Gasteiger partial charge is 0.310 e. The topological polar surface area (TPSA) is 11.4 Å². The lowest BCUT2D eigenvalue weighted by Gasteiger charge is -2.40. The molecule has 8 aromatic carbocycles. The summed E-state index contributed by atoms with van der Waals surface area (Å²) < 4.78 is 2.45. The van der Waals surface area contributed by atoms with Crippen LogP contribution in [0, 0.1) is 23.7 Å². The number of nitrogens with zero attached hydrogens (tertiary/aromatic N) is 3. The van der Waals surface area contributed by atoms with E-state index >= 15 is 0 Å². The second-order valence-electron chi connectivity index (χ2n) is 20.0. The van der Waals surface area contributed by atoms with Crippen LogP contribution in [0.1, 0.15) is 72.3 Å². The van der Waals surface area contributed by atoms with Gasteiger partial charge in [0.15, 0.2) is 0 Å². The first-order chi connectivity index (χ1) is 32.2. The molecule has 1 spiro atoms. The fraction of sp³-hybridized carbons (Fsp3) is 0.226. The Morgan fingerprint density at radius 1 is 0.431 bits per heavy atom. The van der Waals surface area contributed by atoms with E-state index in [1.54, 1.807) is 16.7 Å². The number of fused-ring (bicyclic) bond motifs is 7. The van der Waals surface area contributed by atoms with Gasteiger partial charge in [0, 0.05) is 44.6 Å². The van der Waals surface area contributed by atoms with E-state index in [0.717, 1.165) is 30.6 Å². The molecule has 0 aliphatic heterocycles. The van der Waals surface area contributed by atoms with Crippen molar-refractivity contribution in [3.8, 4) is 5.69 Å². The summed E-state index contributed by atoms with van der Waals surface area (Å²) in [6, 6.07) is 73.7. The Labute approximate surface area is 382 Å². The molecular weight excluding hydrogens is 787 g/mol. The van der Waals surface area contributed by atoms with Crippen molar-refractivity contribution >= 4 is 55.9 Å². The molecule has 0 amide bonds. The van der Waals surface area contributed by atoms with Gasteiger partial charge in [0.2, 0.25) is 0 Å². The molecule has 2 bridgehead atoms. The van der Waals surface area contributed by atoms with Crippen LogP contribution >= 0.6 is 0 Å². The summed E-state index contributed by atoms with van der Waals surface area (Å²) >= 11 is 0. The third kappa shape index (κ3) is 5.54. The third-order valence-electron chi connectivity index (χ3n) is 16.9. The Kier molecular flexibility index (Phi) is 8.42. The van der Waals surface area contributed by atoms with Crippen LogP contribution in [0.25, 0.3) is 27.5 Å². The summed E-state index contributed by atoms with van der Waals surface area (Å²) in [5.74, 6) is 3.59. The predicted molar refractivity (Wildman–Crippen MR) is 269 cm³/mol. The third-order valence-corrected chi connectivity index (χ3v) is 16.9. The quantitative estimate of drug-likeness (QED) is 0.151. The van der Waals surface area contributed by atoms with Gasteiger partial charge in [-0.3, -0.25) is 0 Å². The molecule has 6 atom stereocenters. The number of para-hydroxylation sites is 4. The molecule has 1 heterocycles. The van der Waals surface area contributed by atoms with Gasteiger partial charge < -0.3 is 14.4 Å². The van der Waals surface area contributed by atoms with Gasteiger partial charge in [-0.25, -0.2) is 0 Å². The number of anilines is 6. The molecule has 3 fully saturated rings. The molecule has 0 saturated heterocycles. The Balaban J connectivity index is 0.973. The van der Waals surface area contributed by atoms with Crippen LogP contribution in [-0.2, 0) is 18.3 Å². The van der Waals surface area contributed by atoms with Crippen molar-refractivity contribution in [1.29, 1.82) is 0 Å². The highest BCUT2D eigenvalue weighted by atomic mass is 15.2. The van der Waals surface area contributed by atoms with Gasteiger partial charge in [0.25, 0.3) is 0 Å². The minimum Gasteiger partial charge on any atom is -0.310 e. The van der Waals surface area contributed by atoms with Crippen molar-refractivity contribution in [3.63, 3.8) is 0 Å². The van der Waals surface area contributed by atoms with Crippen molar-refractivity contribution in [2.24, 2.45) is 23.7 Å². The fourth-order valence-corrected chi connectivity index (χ4v) is 14.5. The average molecular weight is 840 g/mol. The SMILES string of the molecule is c1ccc(N(c2ccc(C3CC4CCC3C4)cc2)c2cccc3c2C24c5c(cccc5N(c5ccccc5)c5ccc6c7ccccc7n(-c7ccccc7)c6c5)CC2CCC4C3)cc1. The second kappa shape index (κ2) is 14.6. The maximum Gasteiger partial charge on any atom is 0.0561 e. The highest BCUT2D eigenvalue weighted by molar-refractivity contribution is 6.10. The lowest BCUT2D eigenvalue weighted by molar-refractivity contribution is 0.350. The predicted octanol–water partition coefficient (Wildman–Crippen LogP) is 16.1. The Bertz CT molecular complexity index is 3250. The summed E-state index contributed by atoms with van der Waals surface area (Å²) in [5.41, 5.74) is 18.7. The lowest BCUT2D eigenvalue weighted by atomic mass is 9.68. The summed E-state index contributed by atoms with van der Waals surface area (Å²) in [7, 11) is 0. The van der Waals surface area contributed by atoms with Crippen LogP contribution in [0.15, 0.2) is 194 Å². The van der Waals surface area contributed by atoms with Crippen molar-refractivity contribution in [2.75, 3.05) is 9.80 Å². The molecule has 0 radical (unpaired) electrons. The summed E-state index contributed by atoms with van der Waals surface area (Å²) in [6.45, 7) is 0. The molecule has 6 unspecified atom stereocenters. The van der Waals surface area contributed by atoms with E-state index in [4.69, 9.17) is 0 Å². The molecule has 9 aromatic rings. The molecule has 3 nitrogen and oxygen atoms in total. The van der Waals surface area contributed by atoms with Crippen LogP contribution in [-0.4, -0.2) is 4.57 Å². The second-order valence-corrected chi connectivity index (χ2v) is 20.0. The van der Waals surface area contributed by atoms with Gasteiger partial charge in [0.05, 0.1) is 22.4 Å². The maximum atomic E-state index is 2.61. The summed E-state index contributed by atoms with van der Waals surface area (Å²) in [6.07, 6.45) is 10.4. The Morgan fingerprint density at radius 3 is 1.60 bits per heavy atom. The van der Waals surface area contributed by atoms with Crippen LogP contribution in [0.2, 0.25) is 0 Å². The van der Waals surface area contributed by atoms with E-state index in [2.05, 4.69) is 208 Å². The zero-order valence-corrected chi connectivity index (χ0v) is 36.9. The van der Waals surface area contributed by atoms with Gasteiger partial charge in [-0.15, -0.1) is 0 Å². The molecule has 316 valence electrons. The highest BCUT2D eigenvalue weighted by Crippen LogP contribution is 2.69. The maximum absolute atomic E-state index is 2.61. The van der Waals surface area contributed by atoms with Gasteiger partial charge in [-0.05, 0) is 181 Å². The Morgan fingerprint density at radius 2 is 0.985 bits per heavy atom. The fourth-order valence-electron chi connectivity index (χ4n) is 14.5. The number of aromatic nitrogens is 1. The standard InChI is InChI=1S/C62H53N3/c1-4-16-48(17-5-1)63(51-32-28-42(29-33-51)55-37-41-26-27-43(55)36-41)57-24-12-14-44-38-46-30-31-47-39-45-15-13-25-58(61(45)62(46,47)60(44)57)64(49-18-6-2-7-19-49)52-34-35-54-53-22-10-11-23-56(53)65(59(54)40-52)50-20-8-3-9-21-50/h1-25,28-29,32-35,40-41,43,46-47,55H,26-27,30-31,36-39H2. The molecule has 3 heteroatoms. The van der Waals surface area contributed by atoms with E-state index in [1.165, 1.54) is 111 Å². The molecule has 3 saturated carbocycles. The lowest BCUT2D eigenvalue weighted by Crippen LogP contribution is -2.34. The number of rotatable bonds is 8. The first-order valence-corrected chi connectivity index (χ1v) is 24.4. The zero-order valence-electron chi connectivity index (χ0n) is 36.9. The van der Waals surface area contributed by atoms with Gasteiger partial charge in [-0.1, -0.05) is 122 Å². The van der Waals surface area contributed by atoms with E-state index in [1.807, 2.05) is 0 Å². The van der Waals surface area contributed by atoms with E-state index in [0.29, 0.717) is 11.8 Å². The number of hydrogen-bond acceptors (Lipinski definition) is 2. The first kappa shape index (κ1) is 37.5. The summed E-state index contributed by atoms with van der Waals surface area (Å²) in [4.78, 5) is 5.21. The minimum absolute atomic E-state index is 0.121.